The van der Waals surface area contributed by atoms with E-state index in [0.717, 1.165) is 0 Å². The van der Waals surface area contributed by atoms with Crippen molar-refractivity contribution in [1.82, 2.24) is 4.72 Å². The Kier molecular flexibility index (Phi) is 7.08. The van der Waals surface area contributed by atoms with Crippen LogP contribution in [0.2, 0.25) is 0 Å². The van der Waals surface area contributed by atoms with Crippen LogP contribution in [0.4, 0.5) is 26.3 Å². The summed E-state index contributed by atoms with van der Waals surface area (Å²) in [7, 11) is -4.76. The smallest absolute Gasteiger partial charge is 0.416 e. The van der Waals surface area contributed by atoms with E-state index in [1.807, 2.05) is 0 Å². The number of benzene rings is 2. The van der Waals surface area contributed by atoms with Gasteiger partial charge in [0.15, 0.2) is 6.29 Å². The molecular weight excluding hydrogens is 476 g/mol. The monoisotopic (exact) mass is 495 g/mol. The van der Waals surface area contributed by atoms with Gasteiger partial charge in [-0.1, -0.05) is 18.6 Å². The van der Waals surface area contributed by atoms with Crippen molar-refractivity contribution < 1.29 is 44.3 Å². The Morgan fingerprint density at radius 2 is 1.64 bits per heavy atom. The van der Waals surface area contributed by atoms with Crippen molar-refractivity contribution >= 4 is 16.3 Å². The minimum atomic E-state index is -5.18. The third-order valence-corrected chi connectivity index (χ3v) is 6.64. The van der Waals surface area contributed by atoms with E-state index in [1.54, 1.807) is 18.2 Å². The SMILES string of the molecule is O=CCOc1cccc2c1CCCC[C@H]2NS(=O)(=O)c1cc(C(F)(F)F)cc(C(F)(F)F)c1. The van der Waals surface area contributed by atoms with E-state index in [9.17, 15) is 39.6 Å². The summed E-state index contributed by atoms with van der Waals surface area (Å²) in [6, 6.07) is 4.10. The molecule has 1 N–H and O–H groups in total. The van der Waals surface area contributed by atoms with Crippen molar-refractivity contribution in [3.8, 4) is 5.75 Å². The molecule has 1 aliphatic carbocycles. The Balaban J connectivity index is 2.03. The minimum Gasteiger partial charge on any atom is -0.486 e. The molecule has 1 aliphatic rings. The van der Waals surface area contributed by atoms with Crippen LogP contribution in [-0.2, 0) is 33.6 Å². The molecule has 2 aromatic rings. The van der Waals surface area contributed by atoms with E-state index in [4.69, 9.17) is 4.74 Å². The second-order valence-corrected chi connectivity index (χ2v) is 9.18. The lowest BCUT2D eigenvalue weighted by molar-refractivity contribution is -0.143. The van der Waals surface area contributed by atoms with Crippen LogP contribution in [-0.4, -0.2) is 21.3 Å². The van der Waals surface area contributed by atoms with Crippen LogP contribution >= 0.6 is 0 Å². The summed E-state index contributed by atoms with van der Waals surface area (Å²) in [5, 5.41) is 0. The van der Waals surface area contributed by atoms with Gasteiger partial charge in [0.1, 0.15) is 12.4 Å². The van der Waals surface area contributed by atoms with Crippen molar-refractivity contribution in [3.63, 3.8) is 0 Å². The van der Waals surface area contributed by atoms with Crippen molar-refractivity contribution in [2.45, 2.75) is 49.0 Å². The molecule has 12 heteroatoms. The molecule has 0 radical (unpaired) electrons. The summed E-state index contributed by atoms with van der Waals surface area (Å²) < 4.78 is 112. The highest BCUT2D eigenvalue weighted by Gasteiger charge is 2.38. The van der Waals surface area contributed by atoms with Gasteiger partial charge in [0, 0.05) is 6.04 Å². The second-order valence-electron chi connectivity index (χ2n) is 7.46. The first-order valence-corrected chi connectivity index (χ1v) is 11.3. The Morgan fingerprint density at radius 1 is 1.00 bits per heavy atom. The van der Waals surface area contributed by atoms with Crippen LogP contribution in [0.25, 0.3) is 0 Å². The summed E-state index contributed by atoms with van der Waals surface area (Å²) >= 11 is 0. The van der Waals surface area contributed by atoms with Crippen molar-refractivity contribution in [2.24, 2.45) is 0 Å². The Morgan fingerprint density at radius 3 is 2.21 bits per heavy atom. The van der Waals surface area contributed by atoms with Gasteiger partial charge in [-0.05, 0) is 54.7 Å². The van der Waals surface area contributed by atoms with Gasteiger partial charge in [-0.2, -0.15) is 26.3 Å². The van der Waals surface area contributed by atoms with Crippen molar-refractivity contribution in [2.75, 3.05) is 6.61 Å². The summed E-state index contributed by atoms with van der Waals surface area (Å²) in [6.07, 6.45) is -7.84. The third kappa shape index (κ3) is 5.85. The fourth-order valence-electron chi connectivity index (χ4n) is 3.70. The summed E-state index contributed by atoms with van der Waals surface area (Å²) in [4.78, 5) is 9.51. The molecule has 0 aromatic heterocycles. The standard InChI is InChI=1S/C21H19F6NO4S/c22-20(23,24)13-10-14(21(25,26)27)12-15(11-13)33(30,31)28-18-6-2-1-4-17-16(18)5-3-7-19(17)32-9-8-29/h3,5,7-8,10-12,18,28H,1-2,4,6,9H2/t18-/m1/s1. The van der Waals surface area contributed by atoms with E-state index >= 15 is 0 Å². The molecule has 0 amide bonds. The topological polar surface area (TPSA) is 72.5 Å². The van der Waals surface area contributed by atoms with Gasteiger partial charge in [0.2, 0.25) is 10.0 Å². The molecular formula is C21H19F6NO4S. The number of hydrogen-bond acceptors (Lipinski definition) is 4. The predicted octanol–water partition coefficient (Wildman–Crippen LogP) is 5.05. The van der Waals surface area contributed by atoms with Gasteiger partial charge in [-0.15, -0.1) is 0 Å². The fraction of sp³-hybridized carbons (Fsp3) is 0.381. The molecule has 0 heterocycles. The molecule has 2 aromatic carbocycles. The Bertz CT molecular complexity index is 1100. The van der Waals surface area contributed by atoms with Gasteiger partial charge >= 0.3 is 12.4 Å². The van der Waals surface area contributed by atoms with E-state index in [0.29, 0.717) is 42.4 Å². The van der Waals surface area contributed by atoms with Gasteiger partial charge in [0.05, 0.1) is 16.0 Å². The zero-order chi connectivity index (χ0) is 24.4. The van der Waals surface area contributed by atoms with Crippen LogP contribution in [0.1, 0.15) is 47.6 Å². The third-order valence-electron chi connectivity index (χ3n) is 5.19. The van der Waals surface area contributed by atoms with Gasteiger partial charge in [-0.25, -0.2) is 13.1 Å². The average molecular weight is 495 g/mol. The maximum absolute atomic E-state index is 13.2. The fourth-order valence-corrected chi connectivity index (χ4v) is 5.02. The normalized spacial score (nSPS) is 17.2. The van der Waals surface area contributed by atoms with Crippen LogP contribution in [0.15, 0.2) is 41.3 Å². The largest absolute Gasteiger partial charge is 0.486 e. The number of sulfonamides is 1. The summed E-state index contributed by atoms with van der Waals surface area (Å²) in [6.45, 7) is -0.225. The number of halogens is 6. The molecule has 180 valence electrons. The number of alkyl halides is 6. The molecule has 3 rings (SSSR count). The summed E-state index contributed by atoms with van der Waals surface area (Å²) in [5.74, 6) is 0.365. The minimum absolute atomic E-state index is 0.128. The number of carbonyl (C=O) groups excluding carboxylic acids is 1. The lowest BCUT2D eigenvalue weighted by Gasteiger charge is -2.22. The number of hydrogen-bond donors (Lipinski definition) is 1. The van der Waals surface area contributed by atoms with Crippen molar-refractivity contribution in [1.29, 1.82) is 0 Å². The highest BCUT2D eigenvalue weighted by Crippen LogP contribution is 2.39. The Hall–Kier alpha value is -2.60. The molecule has 0 spiro atoms. The van der Waals surface area contributed by atoms with E-state index < -0.39 is 44.4 Å². The zero-order valence-corrected chi connectivity index (χ0v) is 17.8. The molecule has 0 saturated carbocycles. The van der Waals surface area contributed by atoms with E-state index in [1.165, 1.54) is 0 Å². The van der Waals surface area contributed by atoms with Crippen molar-refractivity contribution in [3.05, 3.63) is 58.7 Å². The molecule has 0 aliphatic heterocycles. The predicted molar refractivity (Wildman–Crippen MR) is 105 cm³/mol. The van der Waals surface area contributed by atoms with Crippen LogP contribution < -0.4 is 9.46 Å². The van der Waals surface area contributed by atoms with E-state index in [-0.39, 0.29) is 31.2 Å². The maximum atomic E-state index is 13.2. The van der Waals surface area contributed by atoms with Gasteiger partial charge in [-0.3, -0.25) is 4.79 Å². The second kappa shape index (κ2) is 9.34. The number of ether oxygens (including phenoxy) is 1. The number of fused-ring (bicyclic) bond motifs is 1. The van der Waals surface area contributed by atoms with Gasteiger partial charge < -0.3 is 4.74 Å². The zero-order valence-electron chi connectivity index (χ0n) is 17.0. The summed E-state index contributed by atoms with van der Waals surface area (Å²) in [5.41, 5.74) is -2.32. The first-order chi connectivity index (χ1) is 15.3. The van der Waals surface area contributed by atoms with E-state index in [2.05, 4.69) is 4.72 Å². The molecule has 0 saturated heterocycles. The lowest BCUT2D eigenvalue weighted by Crippen LogP contribution is -2.29. The molecule has 33 heavy (non-hydrogen) atoms. The maximum Gasteiger partial charge on any atom is 0.416 e. The Labute approximate surface area is 185 Å². The number of rotatable bonds is 6. The lowest BCUT2D eigenvalue weighted by atomic mass is 9.99. The van der Waals surface area contributed by atoms with Crippen LogP contribution in [0, 0.1) is 0 Å². The molecule has 0 bridgehead atoms. The number of nitrogens with one attached hydrogen (secondary N) is 1. The molecule has 1 atom stereocenters. The molecule has 5 nitrogen and oxygen atoms in total. The van der Waals surface area contributed by atoms with Gasteiger partial charge in [0.25, 0.3) is 0 Å². The molecule has 0 unspecified atom stereocenters. The average Bonchev–Trinajstić information content (AvgIpc) is 2.93. The highest BCUT2D eigenvalue weighted by molar-refractivity contribution is 7.89. The molecule has 0 fully saturated rings. The first-order valence-electron chi connectivity index (χ1n) is 9.83. The first kappa shape index (κ1) is 25.0. The van der Waals surface area contributed by atoms with Crippen LogP contribution in [0.5, 0.6) is 5.75 Å². The number of carbonyl (C=O) groups is 1. The highest BCUT2D eigenvalue weighted by atomic mass is 32.2. The quantitative estimate of drug-likeness (QED) is 0.346. The number of aldehydes is 1. The van der Waals surface area contributed by atoms with Crippen LogP contribution in [0.3, 0.4) is 0 Å².